The van der Waals surface area contributed by atoms with Crippen LogP contribution >= 0.6 is 11.3 Å². The number of hydrogen-bond donors (Lipinski definition) is 0. The summed E-state index contributed by atoms with van der Waals surface area (Å²) in [5.74, 6) is -1.21. The molecule has 4 aromatic rings. The Morgan fingerprint density at radius 3 is 2.61 bits per heavy atom. The number of nitrogens with zero attached hydrogens (tertiary/aromatic N) is 3. The summed E-state index contributed by atoms with van der Waals surface area (Å²) in [4.78, 5) is 40.2. The summed E-state index contributed by atoms with van der Waals surface area (Å²) < 4.78 is 7.54. The van der Waals surface area contributed by atoms with Crippen LogP contribution < -0.4 is 4.80 Å². The van der Waals surface area contributed by atoms with Crippen LogP contribution in [0.15, 0.2) is 65.7 Å². The Bertz CT molecular complexity index is 1400. The second-order valence-electron chi connectivity index (χ2n) is 6.60. The number of aromatic nitrogens is 1. The number of rotatable bonds is 5. The molecule has 0 saturated carbocycles. The number of amides is 1. The number of nitro benzene ring substituents is 1. The molecule has 3 aromatic carbocycles. The fourth-order valence-corrected chi connectivity index (χ4v) is 4.50. The van der Waals surface area contributed by atoms with Gasteiger partial charge in [0.05, 0.1) is 21.7 Å². The maximum Gasteiger partial charge on any atom is 0.326 e. The molecule has 0 radical (unpaired) electrons. The van der Waals surface area contributed by atoms with Crippen LogP contribution in [0.1, 0.15) is 17.3 Å². The average molecular weight is 435 g/mol. The lowest BCUT2D eigenvalue weighted by atomic mass is 10.1. The summed E-state index contributed by atoms with van der Waals surface area (Å²) in [6, 6.07) is 17.2. The number of para-hydroxylation sites is 1. The largest absolute Gasteiger partial charge is 0.465 e. The number of esters is 1. The van der Waals surface area contributed by atoms with Crippen LogP contribution in [-0.4, -0.2) is 28.0 Å². The Kier molecular flexibility index (Phi) is 5.59. The van der Waals surface area contributed by atoms with E-state index in [4.69, 9.17) is 4.74 Å². The van der Waals surface area contributed by atoms with Crippen molar-refractivity contribution < 1.29 is 19.2 Å². The third kappa shape index (κ3) is 3.95. The monoisotopic (exact) mass is 435 g/mol. The van der Waals surface area contributed by atoms with Crippen LogP contribution in [0.2, 0.25) is 0 Å². The fraction of sp³-hybridized carbons (Fsp3) is 0.136. The molecule has 1 heterocycles. The molecule has 0 fully saturated rings. The van der Waals surface area contributed by atoms with Crippen molar-refractivity contribution in [3.05, 3.63) is 81.1 Å². The van der Waals surface area contributed by atoms with Gasteiger partial charge in [0.2, 0.25) is 0 Å². The molecule has 0 aliphatic rings. The zero-order valence-electron chi connectivity index (χ0n) is 16.5. The van der Waals surface area contributed by atoms with E-state index in [9.17, 15) is 19.7 Å². The number of carbonyl (C=O) groups is 2. The maximum absolute atomic E-state index is 12.8. The molecule has 31 heavy (non-hydrogen) atoms. The summed E-state index contributed by atoms with van der Waals surface area (Å²) in [6.07, 6.45) is 0. The van der Waals surface area contributed by atoms with Crippen LogP contribution in [0.3, 0.4) is 0 Å². The predicted molar refractivity (Wildman–Crippen MR) is 117 cm³/mol. The van der Waals surface area contributed by atoms with Gasteiger partial charge in [-0.2, -0.15) is 4.99 Å². The van der Waals surface area contributed by atoms with Gasteiger partial charge in [-0.05, 0) is 24.4 Å². The van der Waals surface area contributed by atoms with Crippen molar-refractivity contribution in [3.8, 4) is 0 Å². The fourth-order valence-electron chi connectivity index (χ4n) is 3.33. The Morgan fingerprint density at radius 1 is 1.10 bits per heavy atom. The SMILES string of the molecule is CCOC(=O)Cn1c(=NC(=O)c2ccccc2[N+](=O)[O-])sc2c3ccccc3ccc21. The van der Waals surface area contributed by atoms with E-state index in [0.29, 0.717) is 0 Å². The van der Waals surface area contributed by atoms with Crippen LogP contribution in [0.5, 0.6) is 0 Å². The highest BCUT2D eigenvalue weighted by atomic mass is 32.1. The van der Waals surface area contributed by atoms with E-state index in [1.807, 2.05) is 36.4 Å². The maximum atomic E-state index is 12.8. The number of thiazole rings is 1. The molecule has 0 N–H and O–H groups in total. The van der Waals surface area contributed by atoms with Gasteiger partial charge >= 0.3 is 5.97 Å². The summed E-state index contributed by atoms with van der Waals surface area (Å²) in [6.45, 7) is 1.81. The summed E-state index contributed by atoms with van der Waals surface area (Å²) in [7, 11) is 0. The number of ether oxygens (including phenoxy) is 1. The van der Waals surface area contributed by atoms with E-state index in [0.717, 1.165) is 21.0 Å². The van der Waals surface area contributed by atoms with Gasteiger partial charge in [-0.15, -0.1) is 0 Å². The standard InChI is InChI=1S/C22H17N3O5S/c1-2-30-19(26)13-24-18-12-11-14-7-3-4-8-15(14)20(18)31-22(24)23-21(27)16-9-5-6-10-17(16)25(28)29/h3-12H,2,13H2,1H3. The molecule has 0 atom stereocenters. The van der Waals surface area contributed by atoms with Crippen molar-refractivity contribution >= 4 is 49.9 Å². The third-order valence-corrected chi connectivity index (χ3v) is 5.82. The Labute approximate surface area is 180 Å². The van der Waals surface area contributed by atoms with E-state index < -0.39 is 16.8 Å². The van der Waals surface area contributed by atoms with Gasteiger partial charge in [-0.1, -0.05) is 53.8 Å². The van der Waals surface area contributed by atoms with E-state index in [2.05, 4.69) is 4.99 Å². The minimum absolute atomic E-state index is 0.113. The zero-order valence-corrected chi connectivity index (χ0v) is 17.3. The lowest BCUT2D eigenvalue weighted by Gasteiger charge is -2.06. The third-order valence-electron chi connectivity index (χ3n) is 4.69. The van der Waals surface area contributed by atoms with E-state index >= 15 is 0 Å². The summed E-state index contributed by atoms with van der Waals surface area (Å²) in [5.41, 5.74) is 0.295. The molecule has 0 spiro atoms. The highest BCUT2D eigenvalue weighted by Crippen LogP contribution is 2.28. The van der Waals surface area contributed by atoms with E-state index in [1.165, 1.54) is 29.5 Å². The highest BCUT2D eigenvalue weighted by Gasteiger charge is 2.20. The zero-order chi connectivity index (χ0) is 22.0. The second-order valence-corrected chi connectivity index (χ2v) is 7.58. The molecule has 0 saturated heterocycles. The highest BCUT2D eigenvalue weighted by molar-refractivity contribution is 7.17. The summed E-state index contributed by atoms with van der Waals surface area (Å²) >= 11 is 1.25. The minimum atomic E-state index is -0.749. The summed E-state index contributed by atoms with van der Waals surface area (Å²) in [5, 5.41) is 13.3. The molecule has 9 heteroatoms. The Morgan fingerprint density at radius 2 is 1.84 bits per heavy atom. The van der Waals surface area contributed by atoms with Crippen LogP contribution in [0.4, 0.5) is 5.69 Å². The molecule has 0 aliphatic heterocycles. The topological polar surface area (TPSA) is 104 Å². The molecular formula is C22H17N3O5S. The number of nitro groups is 1. The first kappa shape index (κ1) is 20.4. The molecule has 4 rings (SSSR count). The van der Waals surface area contributed by atoms with Gasteiger partial charge in [-0.3, -0.25) is 19.7 Å². The van der Waals surface area contributed by atoms with Gasteiger partial charge in [0.15, 0.2) is 4.80 Å². The van der Waals surface area contributed by atoms with Crippen molar-refractivity contribution in [2.24, 2.45) is 4.99 Å². The van der Waals surface area contributed by atoms with Gasteiger partial charge in [0.1, 0.15) is 12.1 Å². The first-order chi connectivity index (χ1) is 15.0. The molecule has 0 unspecified atom stereocenters. The molecule has 1 aromatic heterocycles. The normalized spacial score (nSPS) is 11.7. The van der Waals surface area contributed by atoms with Gasteiger partial charge in [0, 0.05) is 11.5 Å². The first-order valence-corrected chi connectivity index (χ1v) is 10.3. The van der Waals surface area contributed by atoms with Gasteiger partial charge in [-0.25, -0.2) is 0 Å². The van der Waals surface area contributed by atoms with Crippen molar-refractivity contribution in [3.63, 3.8) is 0 Å². The molecular weight excluding hydrogens is 418 g/mol. The van der Waals surface area contributed by atoms with Crippen molar-refractivity contribution in [2.45, 2.75) is 13.5 Å². The number of benzene rings is 3. The minimum Gasteiger partial charge on any atom is -0.465 e. The number of carbonyl (C=O) groups excluding carboxylic acids is 2. The van der Waals surface area contributed by atoms with Crippen LogP contribution in [0.25, 0.3) is 21.0 Å². The Balaban J connectivity index is 1.93. The van der Waals surface area contributed by atoms with E-state index in [1.54, 1.807) is 17.6 Å². The second kappa shape index (κ2) is 8.49. The molecule has 156 valence electrons. The lowest BCUT2D eigenvalue weighted by Crippen LogP contribution is -2.23. The van der Waals surface area contributed by atoms with Gasteiger partial charge < -0.3 is 9.30 Å². The van der Waals surface area contributed by atoms with Crippen LogP contribution in [0, 0.1) is 10.1 Å². The van der Waals surface area contributed by atoms with Crippen molar-refractivity contribution in [1.29, 1.82) is 0 Å². The number of hydrogen-bond acceptors (Lipinski definition) is 6. The molecule has 0 bridgehead atoms. The lowest BCUT2D eigenvalue weighted by molar-refractivity contribution is -0.385. The quantitative estimate of drug-likeness (QED) is 0.267. The van der Waals surface area contributed by atoms with Gasteiger partial charge in [0.25, 0.3) is 11.6 Å². The number of fused-ring (bicyclic) bond motifs is 3. The van der Waals surface area contributed by atoms with Crippen molar-refractivity contribution in [1.82, 2.24) is 4.57 Å². The smallest absolute Gasteiger partial charge is 0.326 e. The average Bonchev–Trinajstić information content (AvgIpc) is 3.11. The van der Waals surface area contributed by atoms with E-state index in [-0.39, 0.29) is 29.2 Å². The Hall–Kier alpha value is -3.85. The molecule has 8 nitrogen and oxygen atoms in total. The molecule has 0 aliphatic carbocycles. The van der Waals surface area contributed by atoms with Crippen molar-refractivity contribution in [2.75, 3.05) is 6.61 Å². The first-order valence-electron chi connectivity index (χ1n) is 9.48. The predicted octanol–water partition coefficient (Wildman–Crippen LogP) is 4.07. The molecule has 1 amide bonds. The van der Waals surface area contributed by atoms with Crippen LogP contribution in [-0.2, 0) is 16.1 Å².